The van der Waals surface area contributed by atoms with Crippen molar-refractivity contribution in [1.82, 2.24) is 0 Å². The van der Waals surface area contributed by atoms with Crippen LogP contribution in [0, 0.1) is 5.41 Å². The highest BCUT2D eigenvalue weighted by Gasteiger charge is 2.70. The first-order valence-corrected chi connectivity index (χ1v) is 6.05. The second kappa shape index (κ2) is 2.06. The fraction of sp³-hybridized carbons (Fsp3) is 0.455. The molecule has 0 aromatic rings. The Hall–Kier alpha value is -0.830. The molecule has 70 valence electrons. The normalized spacial score (nSPS) is 42.1. The molecule has 2 aliphatic heterocycles. The minimum absolute atomic E-state index is 0.271. The van der Waals surface area contributed by atoms with Gasteiger partial charge in [0.2, 0.25) is 0 Å². The summed E-state index contributed by atoms with van der Waals surface area (Å²) < 4.78 is 0. The number of fused-ring (bicyclic) bond motifs is 1. The number of rotatable bonds is 0. The van der Waals surface area contributed by atoms with Crippen LogP contribution in [0.1, 0.15) is 12.8 Å². The molecule has 2 saturated carbocycles. The Balaban J connectivity index is 1.95. The van der Waals surface area contributed by atoms with Crippen molar-refractivity contribution >= 4 is 23.3 Å². The number of ketones is 1. The second-order valence-electron chi connectivity index (χ2n) is 4.22. The molecule has 0 N–H and O–H groups in total. The molecule has 1 spiro atoms. The quantitative estimate of drug-likeness (QED) is 0.561. The van der Waals surface area contributed by atoms with Crippen LogP contribution in [0.2, 0.25) is 0 Å². The molecule has 4 rings (SSSR count). The Bertz CT molecular complexity index is 460. The molecule has 2 heterocycles. The first kappa shape index (κ1) is 7.46. The van der Waals surface area contributed by atoms with E-state index in [2.05, 4.69) is 11.1 Å². The largest absolute Gasteiger partial charge is 0.293 e. The molecule has 3 heteroatoms. The van der Waals surface area contributed by atoms with Crippen molar-refractivity contribution in [3.05, 3.63) is 23.4 Å². The predicted octanol–water partition coefficient (Wildman–Crippen LogP) is 1.73. The Labute approximate surface area is 86.2 Å². The van der Waals surface area contributed by atoms with Crippen LogP contribution in [0.15, 0.2) is 28.4 Å². The van der Waals surface area contributed by atoms with Crippen LogP contribution in [-0.4, -0.2) is 22.5 Å². The molecular formula is C11H9NOS. The lowest BCUT2D eigenvalue weighted by Gasteiger charge is -2.27. The zero-order valence-electron chi connectivity index (χ0n) is 7.62. The van der Waals surface area contributed by atoms with Crippen LogP contribution < -0.4 is 0 Å². The van der Waals surface area contributed by atoms with E-state index in [0.717, 1.165) is 23.5 Å². The molecule has 0 bridgehead atoms. The van der Waals surface area contributed by atoms with Crippen molar-refractivity contribution in [3.63, 3.8) is 0 Å². The van der Waals surface area contributed by atoms with Gasteiger partial charge in [0.05, 0.1) is 0 Å². The summed E-state index contributed by atoms with van der Waals surface area (Å²) in [4.78, 5) is 16.2. The number of carbonyl (C=O) groups excluding carboxylic acids is 1. The van der Waals surface area contributed by atoms with E-state index in [1.54, 1.807) is 6.20 Å². The maximum absolute atomic E-state index is 11.8. The lowest BCUT2D eigenvalue weighted by atomic mass is 9.79. The van der Waals surface area contributed by atoms with Gasteiger partial charge in [-0.05, 0) is 18.4 Å². The van der Waals surface area contributed by atoms with E-state index in [4.69, 9.17) is 0 Å². The van der Waals surface area contributed by atoms with E-state index in [9.17, 15) is 4.79 Å². The maximum atomic E-state index is 11.8. The number of allylic oxidation sites excluding steroid dienone is 1. The van der Waals surface area contributed by atoms with Gasteiger partial charge in [0.25, 0.3) is 0 Å². The minimum atomic E-state index is -0.271. The summed E-state index contributed by atoms with van der Waals surface area (Å²) in [5.41, 5.74) is 3.18. The third-order valence-electron chi connectivity index (χ3n) is 3.73. The Morgan fingerprint density at radius 2 is 2.50 bits per heavy atom. The summed E-state index contributed by atoms with van der Waals surface area (Å²) >= 11 is 1.98. The second-order valence-corrected chi connectivity index (χ2v) is 5.45. The number of nitrogens with zero attached hydrogens (tertiary/aromatic N) is 1. The van der Waals surface area contributed by atoms with Crippen molar-refractivity contribution in [2.45, 2.75) is 18.1 Å². The molecular weight excluding hydrogens is 194 g/mol. The predicted molar refractivity (Wildman–Crippen MR) is 56.5 cm³/mol. The average Bonchev–Trinajstić information content (AvgIpc) is 2.67. The number of hydrogen-bond acceptors (Lipinski definition) is 3. The Morgan fingerprint density at radius 1 is 1.57 bits per heavy atom. The number of hydrogen-bond donors (Lipinski definition) is 0. The molecule has 2 nitrogen and oxygen atoms in total. The third-order valence-corrected chi connectivity index (χ3v) is 4.98. The summed E-state index contributed by atoms with van der Waals surface area (Å²) in [6.07, 6.45) is 6.24. The van der Waals surface area contributed by atoms with Crippen molar-refractivity contribution < 1.29 is 4.79 Å². The van der Waals surface area contributed by atoms with Crippen LogP contribution in [-0.2, 0) is 4.79 Å². The molecule has 2 aliphatic carbocycles. The van der Waals surface area contributed by atoms with Gasteiger partial charge in [-0.3, -0.25) is 9.79 Å². The first-order chi connectivity index (χ1) is 6.85. The van der Waals surface area contributed by atoms with E-state index in [1.165, 1.54) is 12.0 Å². The first-order valence-electron chi connectivity index (χ1n) is 5.00. The van der Waals surface area contributed by atoms with E-state index in [0.29, 0.717) is 11.0 Å². The average molecular weight is 203 g/mol. The van der Waals surface area contributed by atoms with E-state index in [-0.39, 0.29) is 5.41 Å². The Morgan fingerprint density at radius 3 is 3.36 bits per heavy atom. The van der Waals surface area contributed by atoms with Gasteiger partial charge in [0.1, 0.15) is 5.41 Å². The maximum Gasteiger partial charge on any atom is 0.182 e. The van der Waals surface area contributed by atoms with Gasteiger partial charge in [-0.15, -0.1) is 11.8 Å². The fourth-order valence-electron chi connectivity index (χ4n) is 3.04. The molecule has 2 unspecified atom stereocenters. The monoisotopic (exact) mass is 203 g/mol. The summed E-state index contributed by atoms with van der Waals surface area (Å²) in [6, 6.07) is 0. The van der Waals surface area contributed by atoms with Crippen LogP contribution in [0.4, 0.5) is 0 Å². The third kappa shape index (κ3) is 0.566. The standard InChI is InChI=1S/C11H9NOS/c13-10-7-5-12-9-2-1-8-6(3-4-14-8)11(7,9)10/h3,5,8H,1-2,4H2. The minimum Gasteiger partial charge on any atom is -0.293 e. The van der Waals surface area contributed by atoms with Gasteiger partial charge in [-0.1, -0.05) is 6.08 Å². The van der Waals surface area contributed by atoms with Crippen molar-refractivity contribution in [2.24, 2.45) is 10.4 Å². The van der Waals surface area contributed by atoms with E-state index in [1.807, 2.05) is 11.8 Å². The molecule has 2 fully saturated rings. The summed E-state index contributed by atoms with van der Waals surface area (Å²) in [5, 5.41) is 0.599. The van der Waals surface area contributed by atoms with Crippen molar-refractivity contribution in [2.75, 3.05) is 5.75 Å². The molecule has 0 amide bonds. The summed E-state index contributed by atoms with van der Waals surface area (Å²) in [6.45, 7) is 0. The van der Waals surface area contributed by atoms with Gasteiger partial charge in [0, 0.05) is 28.5 Å². The van der Waals surface area contributed by atoms with Crippen molar-refractivity contribution in [3.8, 4) is 0 Å². The van der Waals surface area contributed by atoms with Gasteiger partial charge in [0.15, 0.2) is 5.78 Å². The van der Waals surface area contributed by atoms with Crippen molar-refractivity contribution in [1.29, 1.82) is 0 Å². The summed E-state index contributed by atoms with van der Waals surface area (Å²) in [5.74, 6) is 1.41. The molecule has 4 aliphatic rings. The molecule has 2 atom stereocenters. The lowest BCUT2D eigenvalue weighted by molar-refractivity contribution is -0.110. The molecule has 0 aromatic heterocycles. The van der Waals surface area contributed by atoms with E-state index < -0.39 is 0 Å². The SMILES string of the molecule is O=C1C2=CN=C3CCC4SCC=C4C123. The highest BCUT2D eigenvalue weighted by atomic mass is 32.2. The zero-order valence-corrected chi connectivity index (χ0v) is 8.43. The van der Waals surface area contributed by atoms with Crippen LogP contribution >= 0.6 is 11.8 Å². The topological polar surface area (TPSA) is 29.4 Å². The van der Waals surface area contributed by atoms with Gasteiger partial charge in [-0.2, -0.15) is 0 Å². The Kier molecular flexibility index (Phi) is 1.10. The van der Waals surface area contributed by atoms with Gasteiger partial charge in [-0.25, -0.2) is 0 Å². The van der Waals surface area contributed by atoms with Crippen LogP contribution in [0.3, 0.4) is 0 Å². The van der Waals surface area contributed by atoms with Gasteiger partial charge < -0.3 is 0 Å². The number of aliphatic imine (C=N–C) groups is 1. The molecule has 0 saturated heterocycles. The highest BCUT2D eigenvalue weighted by molar-refractivity contribution is 8.00. The summed E-state index contributed by atoms with van der Waals surface area (Å²) in [7, 11) is 0. The number of carbonyl (C=O) groups is 1. The number of thioether (sulfide) groups is 1. The smallest absolute Gasteiger partial charge is 0.182 e. The van der Waals surface area contributed by atoms with Crippen LogP contribution in [0.5, 0.6) is 0 Å². The molecule has 0 aromatic carbocycles. The lowest BCUT2D eigenvalue weighted by Crippen LogP contribution is -2.30. The highest BCUT2D eigenvalue weighted by Crippen LogP contribution is 2.64. The van der Waals surface area contributed by atoms with Gasteiger partial charge >= 0.3 is 0 Å². The fourth-order valence-corrected chi connectivity index (χ4v) is 4.28. The zero-order chi connectivity index (χ0) is 9.34. The molecule has 0 radical (unpaired) electrons. The molecule has 14 heavy (non-hydrogen) atoms. The van der Waals surface area contributed by atoms with E-state index >= 15 is 0 Å². The van der Waals surface area contributed by atoms with Crippen LogP contribution in [0.25, 0.3) is 0 Å². The number of Topliss-reactive ketones (excluding diaryl/α,β-unsaturated/α-hetero) is 1.